The zero-order valence-corrected chi connectivity index (χ0v) is 25.7. The van der Waals surface area contributed by atoms with Crippen LogP contribution in [0.25, 0.3) is 0 Å². The Kier molecular flexibility index (Phi) is 8.28. The van der Waals surface area contributed by atoms with Crippen molar-refractivity contribution in [2.45, 2.75) is 32.1 Å². The summed E-state index contributed by atoms with van der Waals surface area (Å²) in [5.41, 5.74) is 4.54. The Morgan fingerprint density at radius 2 is 1.02 bits per heavy atom. The first kappa shape index (κ1) is 27.3. The van der Waals surface area contributed by atoms with E-state index in [1.165, 1.54) is 38.8 Å². The molecule has 42 heavy (non-hydrogen) atoms. The third-order valence-corrected chi connectivity index (χ3v) is 13.6. The molecular formula is C40H36P2. The molecule has 0 radical (unpaired) electrons. The minimum absolute atomic E-state index is 0.563. The SMILES string of the molecule is C1=C2CCc3ccc(c(P(c4ccccc4)c4ccccc4)c3)CC[C@@H](C=C2P(c2ccccc2)c2ccccc2)C1. The minimum atomic E-state index is -0.610. The molecule has 0 fully saturated rings. The standard InChI is InChI=1S/C40H36P2/c1-5-13-35(14-6-1)41(36-15-7-2-8-16-36)39-29-31-21-25-33(39)27-23-32-22-26-34(28-24-31)40(30-32)42(37-17-9-3-10-18-37)38-19-11-4-12-20-38/h1-21,25-26,29-30,32H,22-24,27-28H2/t32-/m0/s1. The fourth-order valence-electron chi connectivity index (χ4n) is 6.41. The molecule has 5 aliphatic rings. The van der Waals surface area contributed by atoms with Crippen LogP contribution >= 0.6 is 15.8 Å². The van der Waals surface area contributed by atoms with E-state index in [0.717, 1.165) is 25.7 Å². The first-order valence-corrected chi connectivity index (χ1v) is 17.9. The molecule has 0 N–H and O–H groups in total. The van der Waals surface area contributed by atoms with E-state index < -0.39 is 15.8 Å². The molecule has 0 heterocycles. The number of rotatable bonds is 6. The molecule has 4 bridgehead atoms. The van der Waals surface area contributed by atoms with Gasteiger partial charge >= 0.3 is 0 Å². The largest absolute Gasteiger partial charge is 0.0801 e. The fourth-order valence-corrected chi connectivity index (χ4v) is 11.6. The highest BCUT2D eigenvalue weighted by Gasteiger charge is 2.27. The molecule has 0 unspecified atom stereocenters. The maximum Gasteiger partial charge on any atom is -0.0116 e. The molecular weight excluding hydrogens is 542 g/mol. The molecule has 0 spiro atoms. The van der Waals surface area contributed by atoms with E-state index in [1.807, 2.05) is 0 Å². The van der Waals surface area contributed by atoms with Gasteiger partial charge in [-0.2, -0.15) is 0 Å². The van der Waals surface area contributed by atoms with Gasteiger partial charge in [0.15, 0.2) is 0 Å². The second-order valence-corrected chi connectivity index (χ2v) is 15.7. The van der Waals surface area contributed by atoms with Crippen molar-refractivity contribution in [1.29, 1.82) is 0 Å². The maximum absolute atomic E-state index is 2.69. The molecule has 10 rings (SSSR count). The van der Waals surface area contributed by atoms with Gasteiger partial charge in [0.1, 0.15) is 0 Å². The van der Waals surface area contributed by atoms with Crippen LogP contribution < -0.4 is 26.5 Å². The van der Waals surface area contributed by atoms with Gasteiger partial charge < -0.3 is 0 Å². The molecule has 5 aromatic carbocycles. The predicted molar refractivity (Wildman–Crippen MR) is 185 cm³/mol. The van der Waals surface area contributed by atoms with Crippen molar-refractivity contribution in [3.05, 3.63) is 174 Å². The van der Waals surface area contributed by atoms with Gasteiger partial charge in [-0.15, -0.1) is 0 Å². The van der Waals surface area contributed by atoms with Crippen molar-refractivity contribution in [1.82, 2.24) is 0 Å². The second-order valence-electron chi connectivity index (χ2n) is 11.3. The summed E-state index contributed by atoms with van der Waals surface area (Å²) in [6.07, 6.45) is 10.9. The van der Waals surface area contributed by atoms with Crippen LogP contribution in [0, 0.1) is 5.92 Å². The Balaban J connectivity index is 1.29. The van der Waals surface area contributed by atoms with Gasteiger partial charge in [0.2, 0.25) is 0 Å². The topological polar surface area (TPSA) is 0 Å². The molecule has 1 atom stereocenters. The highest BCUT2D eigenvalue weighted by Crippen LogP contribution is 2.50. The van der Waals surface area contributed by atoms with Gasteiger partial charge in [-0.3, -0.25) is 0 Å². The first-order valence-electron chi connectivity index (χ1n) is 15.2. The van der Waals surface area contributed by atoms with E-state index in [0.29, 0.717) is 5.92 Å². The molecule has 5 aliphatic carbocycles. The first-order chi connectivity index (χ1) is 20.8. The van der Waals surface area contributed by atoms with Gasteiger partial charge in [0.25, 0.3) is 0 Å². The summed E-state index contributed by atoms with van der Waals surface area (Å²) >= 11 is 0. The second kappa shape index (κ2) is 12.8. The van der Waals surface area contributed by atoms with Crippen LogP contribution in [-0.2, 0) is 12.8 Å². The molecule has 0 nitrogen and oxygen atoms in total. The quantitative estimate of drug-likeness (QED) is 0.178. The lowest BCUT2D eigenvalue weighted by Gasteiger charge is -2.30. The normalized spacial score (nSPS) is 16.6. The summed E-state index contributed by atoms with van der Waals surface area (Å²) in [6.45, 7) is 0. The van der Waals surface area contributed by atoms with Crippen LogP contribution in [0.4, 0.5) is 0 Å². The zero-order valence-electron chi connectivity index (χ0n) is 23.9. The summed E-state index contributed by atoms with van der Waals surface area (Å²) < 4.78 is 0. The van der Waals surface area contributed by atoms with Crippen LogP contribution in [0.3, 0.4) is 0 Å². The smallest absolute Gasteiger partial charge is 0.0116 e. The molecule has 0 amide bonds. The van der Waals surface area contributed by atoms with Gasteiger partial charge in [-0.25, -0.2) is 0 Å². The van der Waals surface area contributed by atoms with Crippen LogP contribution in [0.2, 0.25) is 0 Å². The summed E-state index contributed by atoms with van der Waals surface area (Å²) in [5, 5.41) is 8.91. The Morgan fingerprint density at radius 1 is 0.500 bits per heavy atom. The lowest BCUT2D eigenvalue weighted by atomic mass is 9.88. The van der Waals surface area contributed by atoms with E-state index >= 15 is 0 Å². The number of hydrogen-bond donors (Lipinski definition) is 0. The Labute approximate surface area is 253 Å². The average Bonchev–Trinajstić information content (AvgIpc) is 3.05. The van der Waals surface area contributed by atoms with E-state index in [1.54, 1.807) is 16.2 Å². The van der Waals surface area contributed by atoms with Crippen molar-refractivity contribution in [2.24, 2.45) is 5.92 Å². The van der Waals surface area contributed by atoms with Crippen LogP contribution in [0.5, 0.6) is 0 Å². The third kappa shape index (κ3) is 5.85. The molecule has 5 aromatic rings. The monoisotopic (exact) mass is 578 g/mol. The summed E-state index contributed by atoms with van der Waals surface area (Å²) in [5.74, 6) is 0.563. The molecule has 0 aromatic heterocycles. The van der Waals surface area contributed by atoms with Gasteiger partial charge in [0.05, 0.1) is 0 Å². The van der Waals surface area contributed by atoms with Crippen molar-refractivity contribution < 1.29 is 0 Å². The molecule has 0 saturated carbocycles. The van der Waals surface area contributed by atoms with Crippen molar-refractivity contribution in [3.8, 4) is 0 Å². The number of allylic oxidation sites excluding steroid dienone is 4. The predicted octanol–water partition coefficient (Wildman–Crippen LogP) is 8.29. The minimum Gasteiger partial charge on any atom is -0.0801 e. The van der Waals surface area contributed by atoms with E-state index in [-0.39, 0.29) is 0 Å². The summed E-state index contributed by atoms with van der Waals surface area (Å²) in [4.78, 5) is 0. The van der Waals surface area contributed by atoms with Gasteiger partial charge in [0, 0.05) is 0 Å². The highest BCUT2D eigenvalue weighted by molar-refractivity contribution is 7.80. The third-order valence-electron chi connectivity index (χ3n) is 8.55. The highest BCUT2D eigenvalue weighted by atomic mass is 31.1. The zero-order chi connectivity index (χ0) is 28.1. The molecule has 0 saturated heterocycles. The fraction of sp³-hybridized carbons (Fsp3) is 0.150. The lowest BCUT2D eigenvalue weighted by molar-refractivity contribution is 0.588. The maximum atomic E-state index is 2.69. The van der Waals surface area contributed by atoms with Crippen LogP contribution in [0.15, 0.2) is 163 Å². The van der Waals surface area contributed by atoms with Crippen molar-refractivity contribution in [2.75, 3.05) is 0 Å². The van der Waals surface area contributed by atoms with Crippen LogP contribution in [-0.4, -0.2) is 0 Å². The van der Waals surface area contributed by atoms with Crippen LogP contribution in [0.1, 0.15) is 30.4 Å². The Hall–Kier alpha value is -3.56. The Morgan fingerprint density at radius 3 is 1.57 bits per heavy atom. The molecule has 2 heteroatoms. The molecule has 0 aliphatic heterocycles. The number of hydrogen-bond acceptors (Lipinski definition) is 0. The van der Waals surface area contributed by atoms with E-state index in [2.05, 4.69) is 152 Å². The van der Waals surface area contributed by atoms with Gasteiger partial charge in [-0.1, -0.05) is 152 Å². The van der Waals surface area contributed by atoms with Crippen molar-refractivity contribution >= 4 is 42.4 Å². The number of benzene rings is 5. The Bertz CT molecular complexity index is 1610. The van der Waals surface area contributed by atoms with E-state index in [9.17, 15) is 0 Å². The van der Waals surface area contributed by atoms with Crippen molar-refractivity contribution in [3.63, 3.8) is 0 Å². The average molecular weight is 579 g/mol. The van der Waals surface area contributed by atoms with Gasteiger partial charge in [-0.05, 0) is 102 Å². The summed E-state index contributed by atoms with van der Waals surface area (Å²) in [7, 11) is -1.20. The lowest BCUT2D eigenvalue weighted by Crippen LogP contribution is -2.24. The van der Waals surface area contributed by atoms with E-state index in [4.69, 9.17) is 0 Å². The number of aryl methyl sites for hydroxylation is 2. The molecule has 206 valence electrons. The summed E-state index contributed by atoms with van der Waals surface area (Å²) in [6, 6.07) is 52.3.